The first-order valence-electron chi connectivity index (χ1n) is 10.5. The lowest BCUT2D eigenvalue weighted by Crippen LogP contribution is -2.32. The van der Waals surface area contributed by atoms with E-state index in [1.165, 1.54) is 0 Å². The van der Waals surface area contributed by atoms with Gasteiger partial charge in [0.25, 0.3) is 5.91 Å². The monoisotopic (exact) mass is 429 g/mol. The van der Waals surface area contributed by atoms with E-state index in [9.17, 15) is 9.59 Å². The Kier molecular flexibility index (Phi) is 5.38. The third kappa shape index (κ3) is 4.03. The molecule has 2 heterocycles. The third-order valence-electron chi connectivity index (χ3n) is 5.66. The van der Waals surface area contributed by atoms with Crippen LogP contribution < -0.4 is 10.2 Å². The van der Waals surface area contributed by atoms with Gasteiger partial charge in [0.2, 0.25) is 0 Å². The summed E-state index contributed by atoms with van der Waals surface area (Å²) in [5.41, 5.74) is 3.27. The molecule has 3 aromatic carbocycles. The van der Waals surface area contributed by atoms with Crippen LogP contribution in [-0.2, 0) is 6.54 Å². The van der Waals surface area contributed by atoms with E-state index in [0.717, 1.165) is 47.0 Å². The maximum absolute atomic E-state index is 13.6. The van der Waals surface area contributed by atoms with Gasteiger partial charge < -0.3 is 15.1 Å². The molecule has 0 aromatic heterocycles. The number of hydrogen-bond acceptors (Lipinski definition) is 3. The van der Waals surface area contributed by atoms with E-state index in [1.807, 2.05) is 82.6 Å². The molecular weight excluding hydrogens is 406 g/mol. The molecule has 0 unspecified atom stereocenters. The first kappa shape index (κ1) is 19.7. The zero-order chi connectivity index (χ0) is 21.2. The summed E-state index contributed by atoms with van der Waals surface area (Å²) in [4.78, 5) is 31.7. The Morgan fingerprint density at radius 3 is 2.45 bits per heavy atom. The van der Waals surface area contributed by atoms with E-state index < -0.39 is 0 Å². The Morgan fingerprint density at radius 1 is 0.903 bits per heavy atom. The summed E-state index contributed by atoms with van der Waals surface area (Å²) in [6.45, 7) is 2.05. The van der Waals surface area contributed by atoms with Crippen molar-refractivity contribution in [2.45, 2.75) is 29.2 Å². The van der Waals surface area contributed by atoms with Crippen LogP contribution in [0.15, 0.2) is 82.6 Å². The lowest BCUT2D eigenvalue weighted by molar-refractivity contribution is 0.0982. The molecular formula is C25H23N3O2S. The number of likely N-dealkylation sites (tertiary alicyclic amines) is 1. The average molecular weight is 430 g/mol. The zero-order valence-electron chi connectivity index (χ0n) is 17.1. The molecule has 1 N–H and O–H groups in total. The van der Waals surface area contributed by atoms with Crippen LogP contribution in [0.4, 0.5) is 16.2 Å². The molecule has 5 nitrogen and oxygen atoms in total. The lowest BCUT2D eigenvalue weighted by atomic mass is 10.1. The molecule has 2 aliphatic rings. The number of fused-ring (bicyclic) bond motifs is 2. The molecule has 31 heavy (non-hydrogen) atoms. The Hall–Kier alpha value is -3.25. The van der Waals surface area contributed by atoms with Crippen molar-refractivity contribution in [2.75, 3.05) is 23.3 Å². The van der Waals surface area contributed by atoms with Crippen LogP contribution in [-0.4, -0.2) is 29.9 Å². The number of amides is 3. The van der Waals surface area contributed by atoms with Gasteiger partial charge in [0.05, 0.1) is 17.8 Å². The Morgan fingerprint density at radius 2 is 1.65 bits per heavy atom. The van der Waals surface area contributed by atoms with Gasteiger partial charge in [-0.3, -0.25) is 4.79 Å². The molecule has 0 radical (unpaired) electrons. The number of anilines is 2. The van der Waals surface area contributed by atoms with Gasteiger partial charge in [-0.15, -0.1) is 0 Å². The molecule has 1 saturated heterocycles. The van der Waals surface area contributed by atoms with Crippen LogP contribution in [0.1, 0.15) is 28.8 Å². The maximum Gasteiger partial charge on any atom is 0.321 e. The minimum Gasteiger partial charge on any atom is -0.325 e. The number of rotatable bonds is 3. The topological polar surface area (TPSA) is 52.7 Å². The molecule has 156 valence electrons. The van der Waals surface area contributed by atoms with Crippen molar-refractivity contribution < 1.29 is 9.59 Å². The fourth-order valence-corrected chi connectivity index (χ4v) is 5.10. The molecule has 0 saturated carbocycles. The summed E-state index contributed by atoms with van der Waals surface area (Å²) in [5, 5.41) is 3.01. The second-order valence-electron chi connectivity index (χ2n) is 7.78. The smallest absolute Gasteiger partial charge is 0.321 e. The second kappa shape index (κ2) is 8.47. The molecule has 5 rings (SSSR count). The van der Waals surface area contributed by atoms with Gasteiger partial charge >= 0.3 is 6.03 Å². The lowest BCUT2D eigenvalue weighted by Gasteiger charge is -2.24. The number of carbonyl (C=O) groups excluding carboxylic acids is 2. The van der Waals surface area contributed by atoms with Gasteiger partial charge in [-0.1, -0.05) is 54.2 Å². The van der Waals surface area contributed by atoms with E-state index in [2.05, 4.69) is 5.32 Å². The Bertz CT molecular complexity index is 1130. The van der Waals surface area contributed by atoms with Crippen molar-refractivity contribution in [2.24, 2.45) is 0 Å². The van der Waals surface area contributed by atoms with Crippen molar-refractivity contribution in [3.8, 4) is 0 Å². The summed E-state index contributed by atoms with van der Waals surface area (Å²) in [6, 6.07) is 23.4. The van der Waals surface area contributed by atoms with Crippen molar-refractivity contribution in [1.82, 2.24) is 4.90 Å². The quantitative estimate of drug-likeness (QED) is 0.587. The first-order chi connectivity index (χ1) is 15.2. The number of urea groups is 1. The van der Waals surface area contributed by atoms with Gasteiger partial charge in [-0.25, -0.2) is 4.79 Å². The number of benzene rings is 3. The standard InChI is InChI=1S/C25H23N3O2S/c29-24-20-10-4-5-11-22(20)31-23-13-12-19(26-25(30)27-14-6-7-15-27)16-21(23)28(24)17-18-8-2-1-3-9-18/h1-5,8-13,16H,6-7,14-15,17H2,(H,26,30). The average Bonchev–Trinajstić information content (AvgIpc) is 3.31. The van der Waals surface area contributed by atoms with Crippen molar-refractivity contribution in [3.05, 3.63) is 83.9 Å². The number of nitrogens with zero attached hydrogens (tertiary/aromatic N) is 2. The van der Waals surface area contributed by atoms with E-state index in [4.69, 9.17) is 0 Å². The van der Waals surface area contributed by atoms with Gasteiger partial charge in [0.15, 0.2) is 0 Å². The minimum atomic E-state index is -0.0806. The minimum absolute atomic E-state index is 0.0336. The Labute approximate surface area is 186 Å². The number of nitrogens with one attached hydrogen (secondary N) is 1. The normalized spacial score (nSPS) is 15.3. The first-order valence-corrected chi connectivity index (χ1v) is 11.3. The third-order valence-corrected chi connectivity index (χ3v) is 6.80. The molecule has 1 fully saturated rings. The summed E-state index contributed by atoms with van der Waals surface area (Å²) < 4.78 is 0. The molecule has 0 spiro atoms. The highest BCUT2D eigenvalue weighted by Gasteiger charge is 2.28. The van der Waals surface area contributed by atoms with E-state index >= 15 is 0 Å². The van der Waals surface area contributed by atoms with Gasteiger partial charge in [0, 0.05) is 28.6 Å². The predicted molar refractivity (Wildman–Crippen MR) is 124 cm³/mol. The molecule has 2 aliphatic heterocycles. The number of carbonyl (C=O) groups is 2. The SMILES string of the molecule is O=C(Nc1ccc2c(c1)N(Cc1ccccc1)C(=O)c1ccccc1S2)N1CCCC1. The van der Waals surface area contributed by atoms with Crippen molar-refractivity contribution in [3.63, 3.8) is 0 Å². The zero-order valence-corrected chi connectivity index (χ0v) is 17.9. The fraction of sp³-hybridized carbons (Fsp3) is 0.200. The molecule has 3 amide bonds. The summed E-state index contributed by atoms with van der Waals surface area (Å²) in [5.74, 6) is -0.0336. The van der Waals surface area contributed by atoms with Crippen LogP contribution in [0.3, 0.4) is 0 Å². The molecule has 0 bridgehead atoms. The highest BCUT2D eigenvalue weighted by atomic mass is 32.2. The summed E-state index contributed by atoms with van der Waals surface area (Å²) in [7, 11) is 0. The molecule has 6 heteroatoms. The van der Waals surface area contributed by atoms with E-state index in [0.29, 0.717) is 17.8 Å². The number of hydrogen-bond donors (Lipinski definition) is 1. The molecule has 3 aromatic rings. The largest absolute Gasteiger partial charge is 0.325 e. The van der Waals surface area contributed by atoms with E-state index in [1.54, 1.807) is 11.8 Å². The van der Waals surface area contributed by atoms with Crippen LogP contribution in [0, 0.1) is 0 Å². The van der Waals surface area contributed by atoms with Crippen LogP contribution >= 0.6 is 11.8 Å². The molecule has 0 aliphatic carbocycles. The highest BCUT2D eigenvalue weighted by molar-refractivity contribution is 7.99. The van der Waals surface area contributed by atoms with Gasteiger partial charge in [0.1, 0.15) is 0 Å². The predicted octanol–water partition coefficient (Wildman–Crippen LogP) is 5.63. The Balaban J connectivity index is 1.53. The second-order valence-corrected chi connectivity index (χ2v) is 8.87. The van der Waals surface area contributed by atoms with Crippen molar-refractivity contribution in [1.29, 1.82) is 0 Å². The summed E-state index contributed by atoms with van der Waals surface area (Å²) in [6.07, 6.45) is 2.09. The maximum atomic E-state index is 13.6. The highest BCUT2D eigenvalue weighted by Crippen LogP contribution is 2.43. The van der Waals surface area contributed by atoms with E-state index in [-0.39, 0.29) is 11.9 Å². The van der Waals surface area contributed by atoms with Crippen LogP contribution in [0.25, 0.3) is 0 Å². The van der Waals surface area contributed by atoms with Gasteiger partial charge in [-0.05, 0) is 48.7 Å². The van der Waals surface area contributed by atoms with Gasteiger partial charge in [-0.2, -0.15) is 0 Å². The summed E-state index contributed by atoms with van der Waals surface area (Å²) >= 11 is 1.59. The molecule has 0 atom stereocenters. The van der Waals surface area contributed by atoms with Crippen molar-refractivity contribution >= 4 is 35.1 Å². The van der Waals surface area contributed by atoms with Crippen LogP contribution in [0.5, 0.6) is 0 Å². The fourth-order valence-electron chi connectivity index (χ4n) is 4.04. The van der Waals surface area contributed by atoms with Crippen LogP contribution in [0.2, 0.25) is 0 Å².